The molecular formula is C9H19N. The molecule has 1 heteroatoms. The molecule has 0 spiro atoms. The summed E-state index contributed by atoms with van der Waals surface area (Å²) in [5, 5.41) is 0. The summed E-state index contributed by atoms with van der Waals surface area (Å²) in [7, 11) is 0. The molecule has 1 aliphatic carbocycles. The van der Waals surface area contributed by atoms with Gasteiger partial charge in [-0.1, -0.05) is 26.2 Å². The second-order valence-corrected chi connectivity index (χ2v) is 4.02. The maximum absolute atomic E-state index is 6.04. The molecule has 0 heterocycles. The predicted molar refractivity (Wildman–Crippen MR) is 44.8 cm³/mol. The van der Waals surface area contributed by atoms with Crippen molar-refractivity contribution in [3.8, 4) is 0 Å². The molecule has 0 saturated heterocycles. The van der Waals surface area contributed by atoms with Crippen molar-refractivity contribution in [3.05, 3.63) is 0 Å². The lowest BCUT2D eigenvalue weighted by molar-refractivity contribution is 0.237. The zero-order valence-electron chi connectivity index (χ0n) is 7.19. The van der Waals surface area contributed by atoms with E-state index in [-0.39, 0.29) is 5.54 Å². The van der Waals surface area contributed by atoms with Crippen molar-refractivity contribution >= 4 is 0 Å². The normalized spacial score (nSPS) is 41.7. The first-order valence-corrected chi connectivity index (χ1v) is 4.43. The molecule has 60 valence electrons. The van der Waals surface area contributed by atoms with Crippen LogP contribution >= 0.6 is 0 Å². The predicted octanol–water partition coefficient (Wildman–Crippen LogP) is 2.30. The van der Waals surface area contributed by atoms with E-state index in [0.717, 1.165) is 5.92 Å². The Morgan fingerprint density at radius 1 is 1.60 bits per heavy atom. The molecule has 10 heavy (non-hydrogen) atoms. The Morgan fingerprint density at radius 3 is 2.70 bits per heavy atom. The van der Waals surface area contributed by atoms with Gasteiger partial charge in [0.05, 0.1) is 0 Å². The Hall–Kier alpha value is -0.0400. The third-order valence-electron chi connectivity index (χ3n) is 2.69. The van der Waals surface area contributed by atoms with Crippen LogP contribution in [0.3, 0.4) is 0 Å². The van der Waals surface area contributed by atoms with Gasteiger partial charge in [0.25, 0.3) is 0 Å². The highest BCUT2D eigenvalue weighted by Gasteiger charge is 2.26. The van der Waals surface area contributed by atoms with E-state index < -0.39 is 0 Å². The van der Waals surface area contributed by atoms with Crippen LogP contribution in [0.2, 0.25) is 0 Å². The van der Waals surface area contributed by atoms with E-state index in [1.807, 2.05) is 0 Å². The molecule has 1 rings (SSSR count). The fourth-order valence-corrected chi connectivity index (χ4v) is 2.01. The Labute approximate surface area is 64.0 Å². The molecule has 0 unspecified atom stereocenters. The fourth-order valence-electron chi connectivity index (χ4n) is 2.01. The van der Waals surface area contributed by atoms with Gasteiger partial charge < -0.3 is 5.73 Å². The largest absolute Gasteiger partial charge is 0.325 e. The number of rotatable bonds is 1. The number of hydrogen-bond acceptors (Lipinski definition) is 1. The minimum Gasteiger partial charge on any atom is -0.325 e. The van der Waals surface area contributed by atoms with Crippen LogP contribution in [0.15, 0.2) is 0 Å². The van der Waals surface area contributed by atoms with Crippen LogP contribution in [-0.4, -0.2) is 5.54 Å². The topological polar surface area (TPSA) is 26.0 Å². The third-order valence-corrected chi connectivity index (χ3v) is 2.69. The molecule has 2 atom stereocenters. The van der Waals surface area contributed by atoms with Gasteiger partial charge in [-0.15, -0.1) is 0 Å². The molecule has 0 aromatic heterocycles. The van der Waals surface area contributed by atoms with Gasteiger partial charge in [0.15, 0.2) is 0 Å². The van der Waals surface area contributed by atoms with Gasteiger partial charge in [-0.3, -0.25) is 0 Å². The molecule has 2 N–H and O–H groups in total. The smallest absolute Gasteiger partial charge is 0.0128 e. The van der Waals surface area contributed by atoms with Crippen molar-refractivity contribution in [2.24, 2.45) is 11.7 Å². The summed E-state index contributed by atoms with van der Waals surface area (Å²) in [4.78, 5) is 0. The van der Waals surface area contributed by atoms with Crippen LogP contribution in [0.25, 0.3) is 0 Å². The molecule has 1 fully saturated rings. The molecule has 0 aliphatic heterocycles. The van der Waals surface area contributed by atoms with Crippen molar-refractivity contribution in [3.63, 3.8) is 0 Å². The lowest BCUT2D eigenvalue weighted by Crippen LogP contribution is -2.40. The van der Waals surface area contributed by atoms with E-state index in [1.54, 1.807) is 0 Å². The van der Waals surface area contributed by atoms with Crippen LogP contribution in [-0.2, 0) is 0 Å². The summed E-state index contributed by atoms with van der Waals surface area (Å²) < 4.78 is 0. The second-order valence-electron chi connectivity index (χ2n) is 4.02. The zero-order valence-corrected chi connectivity index (χ0v) is 7.19. The van der Waals surface area contributed by atoms with Gasteiger partial charge >= 0.3 is 0 Å². The highest BCUT2D eigenvalue weighted by molar-refractivity contribution is 4.85. The monoisotopic (exact) mass is 141 g/mol. The second kappa shape index (κ2) is 2.91. The summed E-state index contributed by atoms with van der Waals surface area (Å²) in [5.74, 6) is 0.906. The third kappa shape index (κ3) is 1.98. The minimum absolute atomic E-state index is 0.152. The average molecular weight is 141 g/mol. The standard InChI is InChI=1S/C9H19N/c1-3-8-5-4-6-9(2,10)7-8/h8H,3-7,10H2,1-2H3/t8-,9+/m1/s1. The summed E-state index contributed by atoms with van der Waals surface area (Å²) in [5.41, 5.74) is 6.20. The lowest BCUT2D eigenvalue weighted by atomic mass is 9.76. The van der Waals surface area contributed by atoms with Crippen molar-refractivity contribution in [2.75, 3.05) is 0 Å². The van der Waals surface area contributed by atoms with E-state index in [1.165, 1.54) is 32.1 Å². The molecule has 0 aromatic carbocycles. The van der Waals surface area contributed by atoms with Crippen LogP contribution < -0.4 is 5.73 Å². The van der Waals surface area contributed by atoms with E-state index in [2.05, 4.69) is 13.8 Å². The minimum atomic E-state index is 0.152. The van der Waals surface area contributed by atoms with Gasteiger partial charge in [-0.05, 0) is 25.7 Å². The SMILES string of the molecule is CC[C@@H]1CCC[C@](C)(N)C1. The van der Waals surface area contributed by atoms with Gasteiger partial charge in [0.2, 0.25) is 0 Å². The summed E-state index contributed by atoms with van der Waals surface area (Å²) in [6.45, 7) is 4.46. The maximum Gasteiger partial charge on any atom is 0.0128 e. The summed E-state index contributed by atoms with van der Waals surface area (Å²) in [6.07, 6.45) is 6.52. The van der Waals surface area contributed by atoms with Gasteiger partial charge in [0, 0.05) is 5.54 Å². The van der Waals surface area contributed by atoms with E-state index in [0.29, 0.717) is 0 Å². The Bertz CT molecular complexity index is 107. The van der Waals surface area contributed by atoms with Crippen LogP contribution in [0.4, 0.5) is 0 Å². The van der Waals surface area contributed by atoms with E-state index in [4.69, 9.17) is 5.73 Å². The first-order valence-electron chi connectivity index (χ1n) is 4.43. The molecule has 0 aromatic rings. The summed E-state index contributed by atoms with van der Waals surface area (Å²) in [6, 6.07) is 0. The lowest BCUT2D eigenvalue weighted by Gasteiger charge is -2.34. The van der Waals surface area contributed by atoms with Gasteiger partial charge in [0.1, 0.15) is 0 Å². The zero-order chi connectivity index (χ0) is 7.61. The van der Waals surface area contributed by atoms with Crippen molar-refractivity contribution in [2.45, 2.75) is 51.5 Å². The maximum atomic E-state index is 6.04. The number of nitrogens with two attached hydrogens (primary N) is 1. The van der Waals surface area contributed by atoms with Crippen molar-refractivity contribution < 1.29 is 0 Å². The molecule has 0 amide bonds. The Balaban J connectivity index is 2.40. The van der Waals surface area contributed by atoms with E-state index >= 15 is 0 Å². The molecule has 1 aliphatic rings. The number of hydrogen-bond donors (Lipinski definition) is 1. The van der Waals surface area contributed by atoms with Crippen molar-refractivity contribution in [1.29, 1.82) is 0 Å². The van der Waals surface area contributed by atoms with Gasteiger partial charge in [-0.25, -0.2) is 0 Å². The van der Waals surface area contributed by atoms with Crippen LogP contribution in [0.1, 0.15) is 46.0 Å². The summed E-state index contributed by atoms with van der Waals surface area (Å²) >= 11 is 0. The molecule has 1 nitrogen and oxygen atoms in total. The fraction of sp³-hybridized carbons (Fsp3) is 1.00. The highest BCUT2D eigenvalue weighted by atomic mass is 14.7. The van der Waals surface area contributed by atoms with Crippen LogP contribution in [0.5, 0.6) is 0 Å². The first-order chi connectivity index (χ1) is 4.64. The molecular weight excluding hydrogens is 122 g/mol. The highest BCUT2D eigenvalue weighted by Crippen LogP contribution is 2.31. The Morgan fingerprint density at radius 2 is 2.30 bits per heavy atom. The molecule has 0 radical (unpaired) electrons. The van der Waals surface area contributed by atoms with Gasteiger partial charge in [-0.2, -0.15) is 0 Å². The van der Waals surface area contributed by atoms with E-state index in [9.17, 15) is 0 Å². The molecule has 1 saturated carbocycles. The quantitative estimate of drug-likeness (QED) is 0.595. The molecule has 0 bridgehead atoms. The first kappa shape index (κ1) is 8.06. The Kier molecular flexibility index (Phi) is 2.35. The van der Waals surface area contributed by atoms with Crippen LogP contribution in [0, 0.1) is 5.92 Å². The van der Waals surface area contributed by atoms with Crippen molar-refractivity contribution in [1.82, 2.24) is 0 Å². The average Bonchev–Trinajstić information content (AvgIpc) is 1.86.